The molecule has 0 radical (unpaired) electrons. The smallest absolute Gasteiger partial charge is 0.238 e. The van der Waals surface area contributed by atoms with E-state index in [1.807, 2.05) is 51.1 Å². The van der Waals surface area contributed by atoms with Crippen LogP contribution in [-0.4, -0.2) is 55.3 Å². The van der Waals surface area contributed by atoms with E-state index in [9.17, 15) is 27.5 Å². The van der Waals surface area contributed by atoms with Crippen molar-refractivity contribution in [1.29, 1.82) is 0 Å². The number of nitrogens with one attached hydrogen (secondary N) is 3. The van der Waals surface area contributed by atoms with Crippen LogP contribution in [0.2, 0.25) is 0 Å². The Hall–Kier alpha value is -2.34. The number of hydrogen-bond acceptors (Lipinski definition) is 6. The predicted octanol–water partition coefficient (Wildman–Crippen LogP) is 3.40. The standard InChI is InChI=1S/C29H42FN3O5S2/c1-18-11-20(23(12-18)27(35)32-29(2,3)4)14-26(34)24(13-19-9-7-6-8-10-19)31-28(36)25(33-40(5,37)38)16-22-15-21(30)17-39-22/h6-10,15,17-18,20,23-26,33-34H,11-14,16H2,1-5H3,(H,31,36)(H,32,35). The first-order valence-corrected chi connectivity index (χ1v) is 16.4. The Morgan fingerprint density at radius 3 is 2.40 bits per heavy atom. The first-order valence-electron chi connectivity index (χ1n) is 13.6. The van der Waals surface area contributed by atoms with Crippen LogP contribution in [0.1, 0.15) is 57.4 Å². The molecule has 4 N–H and O–H groups in total. The van der Waals surface area contributed by atoms with E-state index in [-0.39, 0.29) is 29.7 Å². The summed E-state index contributed by atoms with van der Waals surface area (Å²) in [7, 11) is -3.76. The van der Waals surface area contributed by atoms with Crippen LogP contribution >= 0.6 is 11.3 Å². The molecule has 3 rings (SSSR count). The van der Waals surface area contributed by atoms with Gasteiger partial charge in [0.2, 0.25) is 21.8 Å². The van der Waals surface area contributed by atoms with Crippen LogP contribution in [0.25, 0.3) is 0 Å². The van der Waals surface area contributed by atoms with Crippen molar-refractivity contribution in [2.24, 2.45) is 17.8 Å². The Balaban J connectivity index is 1.81. The highest BCUT2D eigenvalue weighted by Crippen LogP contribution is 2.39. The third kappa shape index (κ3) is 10.2. The average molecular weight is 596 g/mol. The van der Waals surface area contributed by atoms with Crippen LogP contribution < -0.4 is 15.4 Å². The lowest BCUT2D eigenvalue weighted by Crippen LogP contribution is -2.54. The first kappa shape index (κ1) is 32.2. The van der Waals surface area contributed by atoms with Gasteiger partial charge in [-0.25, -0.2) is 17.5 Å². The molecule has 0 saturated heterocycles. The lowest BCUT2D eigenvalue weighted by molar-refractivity contribution is -0.128. The SMILES string of the molecule is CC1CC(CC(O)C(Cc2ccccc2)NC(=O)C(Cc2cc(F)cs2)NS(C)(=O)=O)C(C(=O)NC(C)(C)C)C1. The minimum atomic E-state index is -3.76. The van der Waals surface area contributed by atoms with Crippen molar-refractivity contribution in [3.63, 3.8) is 0 Å². The summed E-state index contributed by atoms with van der Waals surface area (Å²) >= 11 is 1.10. The highest BCUT2D eigenvalue weighted by atomic mass is 32.2. The van der Waals surface area contributed by atoms with Crippen molar-refractivity contribution >= 4 is 33.2 Å². The van der Waals surface area contributed by atoms with Crippen LogP contribution in [0.15, 0.2) is 41.8 Å². The van der Waals surface area contributed by atoms with Crippen LogP contribution in [0, 0.1) is 23.6 Å². The van der Waals surface area contributed by atoms with Gasteiger partial charge in [0.1, 0.15) is 11.9 Å². The number of halogens is 1. The Labute approximate surface area is 241 Å². The normalized spacial score (nSPS) is 21.9. The van der Waals surface area contributed by atoms with Crippen LogP contribution in [-0.2, 0) is 32.5 Å². The van der Waals surface area contributed by atoms with Gasteiger partial charge in [0, 0.05) is 28.1 Å². The summed E-state index contributed by atoms with van der Waals surface area (Å²) in [6, 6.07) is 8.74. The number of amides is 2. The van der Waals surface area contributed by atoms with E-state index in [2.05, 4.69) is 22.3 Å². The Bertz CT molecular complexity index is 1250. The Morgan fingerprint density at radius 2 is 1.82 bits per heavy atom. The zero-order chi connectivity index (χ0) is 29.7. The molecule has 1 saturated carbocycles. The molecule has 40 heavy (non-hydrogen) atoms. The summed E-state index contributed by atoms with van der Waals surface area (Å²) in [5.41, 5.74) is 0.518. The van der Waals surface area contributed by atoms with E-state index in [0.717, 1.165) is 36.0 Å². The molecule has 2 aromatic rings. The fourth-order valence-corrected chi connectivity index (χ4v) is 6.95. The fraction of sp³-hybridized carbons (Fsp3) is 0.586. The molecule has 1 aliphatic rings. The molecule has 1 fully saturated rings. The number of thiophene rings is 1. The number of aliphatic hydroxyl groups excluding tert-OH is 1. The maximum Gasteiger partial charge on any atom is 0.238 e. The van der Waals surface area contributed by atoms with Gasteiger partial charge >= 0.3 is 0 Å². The molecule has 1 aromatic carbocycles. The van der Waals surface area contributed by atoms with E-state index >= 15 is 0 Å². The van der Waals surface area contributed by atoms with Crippen molar-refractivity contribution in [3.8, 4) is 0 Å². The molecule has 6 unspecified atom stereocenters. The number of benzene rings is 1. The van der Waals surface area contributed by atoms with Crippen molar-refractivity contribution in [2.45, 2.75) is 83.5 Å². The van der Waals surface area contributed by atoms with Crippen LogP contribution in [0.3, 0.4) is 0 Å². The van der Waals surface area contributed by atoms with Gasteiger partial charge in [-0.05, 0) is 69.9 Å². The molecule has 0 spiro atoms. The molecule has 8 nitrogen and oxygen atoms in total. The van der Waals surface area contributed by atoms with Crippen molar-refractivity contribution in [3.05, 3.63) is 58.0 Å². The zero-order valence-electron chi connectivity index (χ0n) is 23.8. The Morgan fingerprint density at radius 1 is 1.15 bits per heavy atom. The molecular formula is C29H42FN3O5S2. The highest BCUT2D eigenvalue weighted by molar-refractivity contribution is 7.88. The van der Waals surface area contributed by atoms with Gasteiger partial charge in [0.05, 0.1) is 18.4 Å². The minimum Gasteiger partial charge on any atom is -0.391 e. The second-order valence-electron chi connectivity index (χ2n) is 12.2. The molecule has 222 valence electrons. The summed E-state index contributed by atoms with van der Waals surface area (Å²) in [5.74, 6) is -1.08. The van der Waals surface area contributed by atoms with Crippen LogP contribution in [0.5, 0.6) is 0 Å². The number of hydrogen-bond donors (Lipinski definition) is 4. The molecule has 1 aliphatic carbocycles. The van der Waals surface area contributed by atoms with Crippen molar-refractivity contribution in [1.82, 2.24) is 15.4 Å². The summed E-state index contributed by atoms with van der Waals surface area (Å²) in [6.45, 7) is 7.90. The third-order valence-corrected chi connectivity index (χ3v) is 8.74. The summed E-state index contributed by atoms with van der Waals surface area (Å²) in [6.07, 6.45) is 2.08. The lowest BCUT2D eigenvalue weighted by Gasteiger charge is -2.31. The van der Waals surface area contributed by atoms with Gasteiger partial charge in [0.25, 0.3) is 0 Å². The van der Waals surface area contributed by atoms with E-state index in [1.54, 1.807) is 0 Å². The van der Waals surface area contributed by atoms with E-state index in [0.29, 0.717) is 23.6 Å². The molecule has 2 amide bonds. The molecular weight excluding hydrogens is 553 g/mol. The van der Waals surface area contributed by atoms with Crippen molar-refractivity contribution in [2.75, 3.05) is 6.26 Å². The second kappa shape index (κ2) is 13.5. The van der Waals surface area contributed by atoms with Gasteiger partial charge in [-0.3, -0.25) is 9.59 Å². The topological polar surface area (TPSA) is 125 Å². The van der Waals surface area contributed by atoms with E-state index < -0.39 is 39.9 Å². The minimum absolute atomic E-state index is 0.0294. The second-order valence-corrected chi connectivity index (χ2v) is 14.9. The van der Waals surface area contributed by atoms with Gasteiger partial charge in [-0.1, -0.05) is 37.3 Å². The first-order chi connectivity index (χ1) is 18.6. The lowest BCUT2D eigenvalue weighted by atomic mass is 9.86. The molecule has 0 aliphatic heterocycles. The number of carbonyl (C=O) groups is 2. The monoisotopic (exact) mass is 595 g/mol. The van der Waals surface area contributed by atoms with Crippen molar-refractivity contribution < 1.29 is 27.5 Å². The maximum absolute atomic E-state index is 13.6. The molecule has 6 atom stereocenters. The molecule has 1 heterocycles. The summed E-state index contributed by atoms with van der Waals surface area (Å²) in [4.78, 5) is 27.0. The third-order valence-electron chi connectivity index (χ3n) is 7.10. The van der Waals surface area contributed by atoms with Crippen LogP contribution in [0.4, 0.5) is 4.39 Å². The number of sulfonamides is 1. The fourth-order valence-electron chi connectivity index (χ4n) is 5.46. The zero-order valence-corrected chi connectivity index (χ0v) is 25.4. The van der Waals surface area contributed by atoms with Gasteiger partial charge < -0.3 is 15.7 Å². The number of carbonyl (C=O) groups excluding carboxylic acids is 2. The largest absolute Gasteiger partial charge is 0.391 e. The molecule has 11 heteroatoms. The number of rotatable bonds is 12. The predicted molar refractivity (Wildman–Crippen MR) is 156 cm³/mol. The van der Waals surface area contributed by atoms with E-state index in [1.165, 1.54) is 11.4 Å². The summed E-state index contributed by atoms with van der Waals surface area (Å²) in [5, 5.41) is 18.7. The van der Waals surface area contributed by atoms with Gasteiger partial charge in [0.15, 0.2) is 0 Å². The Kier molecular flexibility index (Phi) is 10.9. The quantitative estimate of drug-likeness (QED) is 0.300. The average Bonchev–Trinajstić information content (AvgIpc) is 3.41. The maximum atomic E-state index is 13.6. The molecule has 0 bridgehead atoms. The number of aliphatic hydroxyl groups is 1. The highest BCUT2D eigenvalue weighted by Gasteiger charge is 2.40. The van der Waals surface area contributed by atoms with Gasteiger partial charge in [-0.15, -0.1) is 11.3 Å². The van der Waals surface area contributed by atoms with E-state index in [4.69, 9.17) is 0 Å². The molecule has 1 aromatic heterocycles. The van der Waals surface area contributed by atoms with Gasteiger partial charge in [-0.2, -0.15) is 0 Å². The summed E-state index contributed by atoms with van der Waals surface area (Å²) < 4.78 is 40.1.